The second kappa shape index (κ2) is 6.42. The van der Waals surface area contributed by atoms with Crippen molar-refractivity contribution in [2.24, 2.45) is 12.8 Å². The van der Waals surface area contributed by atoms with Crippen molar-refractivity contribution < 1.29 is 0 Å². The van der Waals surface area contributed by atoms with Crippen molar-refractivity contribution in [1.82, 2.24) is 9.78 Å². The van der Waals surface area contributed by atoms with E-state index in [2.05, 4.69) is 37.1 Å². The number of aromatic nitrogens is 2. The van der Waals surface area contributed by atoms with E-state index in [0.29, 0.717) is 6.42 Å². The molecule has 1 aromatic heterocycles. The lowest BCUT2D eigenvalue weighted by molar-refractivity contribution is 0.634. The Morgan fingerprint density at radius 3 is 2.55 bits per heavy atom. The molecule has 2 aromatic rings. The predicted molar refractivity (Wildman–Crippen MR) is 84.0 cm³/mol. The molecule has 0 aliphatic rings. The van der Waals surface area contributed by atoms with Gasteiger partial charge in [0.15, 0.2) is 0 Å². The summed E-state index contributed by atoms with van der Waals surface area (Å²) in [6, 6.07) is 8.29. The zero-order valence-corrected chi connectivity index (χ0v) is 13.1. The molecule has 1 unspecified atom stereocenters. The van der Waals surface area contributed by atoms with Crippen LogP contribution in [0.3, 0.4) is 0 Å². The van der Waals surface area contributed by atoms with Crippen molar-refractivity contribution in [2.75, 3.05) is 0 Å². The Hall–Kier alpha value is -1.32. The van der Waals surface area contributed by atoms with Gasteiger partial charge in [0, 0.05) is 19.5 Å². The first-order valence-corrected chi connectivity index (χ1v) is 7.49. The number of nitrogens with two attached hydrogens (primary N) is 1. The Labute approximate surface area is 125 Å². The van der Waals surface area contributed by atoms with Crippen molar-refractivity contribution >= 4 is 11.6 Å². The predicted octanol–water partition coefficient (Wildman–Crippen LogP) is 3.44. The summed E-state index contributed by atoms with van der Waals surface area (Å²) in [7, 11) is 1.93. The first kappa shape index (κ1) is 15.1. The summed E-state index contributed by atoms with van der Waals surface area (Å²) in [6.45, 7) is 4.21. The van der Waals surface area contributed by atoms with Gasteiger partial charge in [0.25, 0.3) is 0 Å². The molecule has 0 radical (unpaired) electrons. The quantitative estimate of drug-likeness (QED) is 0.917. The molecule has 0 amide bonds. The van der Waals surface area contributed by atoms with Crippen molar-refractivity contribution in [2.45, 2.75) is 39.2 Å². The molecule has 3 nitrogen and oxygen atoms in total. The van der Waals surface area contributed by atoms with Crippen LogP contribution in [0.15, 0.2) is 24.3 Å². The molecule has 0 saturated carbocycles. The summed E-state index contributed by atoms with van der Waals surface area (Å²) >= 11 is 6.40. The fourth-order valence-corrected chi connectivity index (χ4v) is 2.95. The smallest absolute Gasteiger partial charge is 0.0850 e. The number of halogens is 1. The van der Waals surface area contributed by atoms with Crippen molar-refractivity contribution in [3.8, 4) is 0 Å². The van der Waals surface area contributed by atoms with Crippen LogP contribution in [0.2, 0.25) is 5.02 Å². The van der Waals surface area contributed by atoms with Gasteiger partial charge < -0.3 is 5.73 Å². The normalized spacial score (nSPS) is 12.7. The number of aryl methyl sites for hydroxylation is 3. The largest absolute Gasteiger partial charge is 0.324 e. The van der Waals surface area contributed by atoms with E-state index in [0.717, 1.165) is 29.3 Å². The minimum Gasteiger partial charge on any atom is -0.324 e. The monoisotopic (exact) mass is 291 g/mol. The molecule has 0 fully saturated rings. The average Bonchev–Trinajstić information content (AvgIpc) is 2.74. The first-order valence-electron chi connectivity index (χ1n) is 7.12. The van der Waals surface area contributed by atoms with E-state index < -0.39 is 0 Å². The molecule has 2 rings (SSSR count). The maximum Gasteiger partial charge on any atom is 0.0850 e. The maximum atomic E-state index is 6.40. The maximum absolute atomic E-state index is 6.40. The highest BCUT2D eigenvalue weighted by Gasteiger charge is 2.18. The lowest BCUT2D eigenvalue weighted by Gasteiger charge is -2.16. The van der Waals surface area contributed by atoms with Gasteiger partial charge in [0.2, 0.25) is 0 Å². The molecule has 0 saturated heterocycles. The highest BCUT2D eigenvalue weighted by Crippen LogP contribution is 2.26. The number of hydrogen-bond acceptors (Lipinski definition) is 2. The van der Waals surface area contributed by atoms with Crippen molar-refractivity contribution in [3.05, 3.63) is 51.8 Å². The molecule has 0 spiro atoms. The van der Waals surface area contributed by atoms with Crippen LogP contribution in [0.1, 0.15) is 42.4 Å². The van der Waals surface area contributed by atoms with Crippen molar-refractivity contribution in [3.63, 3.8) is 0 Å². The molecule has 0 bridgehead atoms. The Morgan fingerprint density at radius 1 is 1.25 bits per heavy atom. The van der Waals surface area contributed by atoms with Gasteiger partial charge in [0.05, 0.1) is 16.4 Å². The summed E-state index contributed by atoms with van der Waals surface area (Å²) in [6.07, 6.45) is 2.54. The van der Waals surface area contributed by atoms with E-state index in [1.807, 2.05) is 17.8 Å². The van der Waals surface area contributed by atoms with Gasteiger partial charge in [-0.1, -0.05) is 49.7 Å². The summed E-state index contributed by atoms with van der Waals surface area (Å²) < 4.78 is 1.86. The number of nitrogens with zero attached hydrogens (tertiary/aromatic N) is 2. The van der Waals surface area contributed by atoms with Crippen LogP contribution in [0.25, 0.3) is 0 Å². The molecule has 4 heteroatoms. The van der Waals surface area contributed by atoms with E-state index >= 15 is 0 Å². The highest BCUT2D eigenvalue weighted by atomic mass is 35.5. The topological polar surface area (TPSA) is 43.8 Å². The Bertz CT molecular complexity index is 589. The lowest BCUT2D eigenvalue weighted by atomic mass is 9.96. The van der Waals surface area contributed by atoms with Gasteiger partial charge in [-0.3, -0.25) is 4.68 Å². The molecule has 0 aliphatic heterocycles. The number of hydrogen-bond donors (Lipinski definition) is 1. The minimum absolute atomic E-state index is 0.0521. The second-order valence-corrected chi connectivity index (χ2v) is 5.43. The standard InChI is InChI=1S/C16H22ClN3/c1-4-11-8-6-7-9-12(11)13(18)10-15-16(17)14(5-2)19-20(15)3/h6-9,13H,4-5,10,18H2,1-3H3. The van der Waals surface area contributed by atoms with E-state index in [9.17, 15) is 0 Å². The fraction of sp³-hybridized carbons (Fsp3) is 0.438. The molecule has 1 atom stereocenters. The Balaban J connectivity index is 2.28. The molecular weight excluding hydrogens is 270 g/mol. The Kier molecular flexibility index (Phi) is 4.84. The van der Waals surface area contributed by atoms with E-state index in [1.54, 1.807) is 0 Å². The SMILES string of the molecule is CCc1ccccc1C(N)Cc1c(Cl)c(CC)nn1C. The van der Waals surface area contributed by atoms with Crippen LogP contribution >= 0.6 is 11.6 Å². The van der Waals surface area contributed by atoms with Crippen LogP contribution in [-0.2, 0) is 26.3 Å². The fourth-order valence-electron chi connectivity index (χ4n) is 2.58. The summed E-state index contributed by atoms with van der Waals surface area (Å²) in [5.41, 5.74) is 10.9. The van der Waals surface area contributed by atoms with Crippen LogP contribution < -0.4 is 5.73 Å². The molecule has 0 aliphatic carbocycles. The van der Waals surface area contributed by atoms with Crippen molar-refractivity contribution in [1.29, 1.82) is 0 Å². The second-order valence-electron chi connectivity index (χ2n) is 5.05. The molecule has 2 N–H and O–H groups in total. The summed E-state index contributed by atoms with van der Waals surface area (Å²) in [4.78, 5) is 0. The zero-order chi connectivity index (χ0) is 14.7. The third-order valence-corrected chi connectivity index (χ3v) is 4.19. The van der Waals surface area contributed by atoms with Gasteiger partial charge in [0.1, 0.15) is 0 Å². The van der Waals surface area contributed by atoms with Gasteiger partial charge in [-0.15, -0.1) is 0 Å². The van der Waals surface area contributed by atoms with Gasteiger partial charge in [-0.2, -0.15) is 5.10 Å². The lowest BCUT2D eigenvalue weighted by Crippen LogP contribution is -2.17. The van der Waals surface area contributed by atoms with Crippen LogP contribution in [-0.4, -0.2) is 9.78 Å². The molecular formula is C16H22ClN3. The van der Waals surface area contributed by atoms with Gasteiger partial charge >= 0.3 is 0 Å². The average molecular weight is 292 g/mol. The van der Waals surface area contributed by atoms with Gasteiger partial charge in [-0.05, 0) is 24.0 Å². The van der Waals surface area contributed by atoms with E-state index in [-0.39, 0.29) is 6.04 Å². The Morgan fingerprint density at radius 2 is 1.95 bits per heavy atom. The molecule has 20 heavy (non-hydrogen) atoms. The van der Waals surface area contributed by atoms with Crippen LogP contribution in [0, 0.1) is 0 Å². The van der Waals surface area contributed by atoms with Crippen LogP contribution in [0.4, 0.5) is 0 Å². The highest BCUT2D eigenvalue weighted by molar-refractivity contribution is 6.31. The van der Waals surface area contributed by atoms with Gasteiger partial charge in [-0.25, -0.2) is 0 Å². The number of rotatable bonds is 5. The summed E-state index contributed by atoms with van der Waals surface area (Å²) in [5.74, 6) is 0. The zero-order valence-electron chi connectivity index (χ0n) is 12.4. The third-order valence-electron chi connectivity index (χ3n) is 3.75. The third kappa shape index (κ3) is 2.89. The summed E-state index contributed by atoms with van der Waals surface area (Å²) in [5, 5.41) is 5.21. The van der Waals surface area contributed by atoms with E-state index in [4.69, 9.17) is 17.3 Å². The molecule has 1 aromatic carbocycles. The minimum atomic E-state index is -0.0521. The number of benzene rings is 1. The first-order chi connectivity index (χ1) is 9.58. The van der Waals surface area contributed by atoms with E-state index in [1.165, 1.54) is 11.1 Å². The van der Waals surface area contributed by atoms with Crippen LogP contribution in [0.5, 0.6) is 0 Å². The molecule has 1 heterocycles. The molecule has 108 valence electrons.